The molecule has 1 aliphatic heterocycles. The molecule has 104 valence electrons. The summed E-state index contributed by atoms with van der Waals surface area (Å²) >= 11 is 0. The van der Waals surface area contributed by atoms with Crippen LogP contribution in [0.3, 0.4) is 0 Å². The number of anilines is 1. The van der Waals surface area contributed by atoms with Crippen molar-refractivity contribution >= 4 is 5.69 Å². The van der Waals surface area contributed by atoms with Crippen LogP contribution in [-0.2, 0) is 13.0 Å². The first kappa shape index (κ1) is 13.1. The molecule has 20 heavy (non-hydrogen) atoms. The lowest BCUT2D eigenvalue weighted by atomic mass is 9.97. The van der Waals surface area contributed by atoms with Gasteiger partial charge >= 0.3 is 0 Å². The van der Waals surface area contributed by atoms with Gasteiger partial charge < -0.3 is 10.6 Å². The van der Waals surface area contributed by atoms with E-state index in [4.69, 9.17) is 5.73 Å². The maximum absolute atomic E-state index is 14.3. The van der Waals surface area contributed by atoms with Crippen LogP contribution in [0.25, 0.3) is 0 Å². The van der Waals surface area contributed by atoms with Crippen LogP contribution in [-0.4, -0.2) is 6.54 Å². The maximum atomic E-state index is 14.3. The summed E-state index contributed by atoms with van der Waals surface area (Å²) in [4.78, 5) is 2.11. The molecule has 0 radical (unpaired) electrons. The molecule has 3 heteroatoms. The zero-order valence-corrected chi connectivity index (χ0v) is 11.6. The quantitative estimate of drug-likeness (QED) is 0.906. The normalized spacial score (nSPS) is 15.8. The minimum atomic E-state index is -0.181. The van der Waals surface area contributed by atoms with Crippen molar-refractivity contribution in [2.45, 2.75) is 25.9 Å². The largest absolute Gasteiger partial charge is 0.364 e. The van der Waals surface area contributed by atoms with Crippen LogP contribution in [0.1, 0.15) is 29.7 Å². The summed E-state index contributed by atoms with van der Waals surface area (Å²) in [6, 6.07) is 13.4. The molecule has 2 N–H and O–H groups in total. The number of nitrogens with zero attached hydrogens (tertiary/aromatic N) is 1. The van der Waals surface area contributed by atoms with Crippen LogP contribution in [0.15, 0.2) is 42.5 Å². The van der Waals surface area contributed by atoms with Gasteiger partial charge in [0.2, 0.25) is 0 Å². The lowest BCUT2D eigenvalue weighted by Crippen LogP contribution is -2.32. The number of rotatable bonds is 2. The molecule has 0 saturated carbocycles. The highest BCUT2D eigenvalue weighted by Gasteiger charge is 2.22. The third-order valence-electron chi connectivity index (χ3n) is 3.96. The van der Waals surface area contributed by atoms with Gasteiger partial charge in [-0.2, -0.15) is 0 Å². The Morgan fingerprint density at radius 1 is 1.10 bits per heavy atom. The Kier molecular flexibility index (Phi) is 3.45. The van der Waals surface area contributed by atoms with E-state index in [2.05, 4.69) is 23.1 Å². The van der Waals surface area contributed by atoms with Crippen LogP contribution in [0.4, 0.5) is 10.1 Å². The second-order valence-electron chi connectivity index (χ2n) is 5.41. The molecule has 0 aliphatic carbocycles. The molecule has 0 spiro atoms. The standard InChI is InChI=1S/C17H19FN2/c1-12(19)15-7-4-8-16(18)17(15)20-10-9-13-5-2-3-6-14(13)11-20/h2-8,12H,9-11,19H2,1H3/t12-/m1/s1. The molecule has 3 rings (SSSR count). The van der Waals surface area contributed by atoms with Crippen molar-refractivity contribution < 1.29 is 4.39 Å². The summed E-state index contributed by atoms with van der Waals surface area (Å²) in [5.74, 6) is -0.181. The fourth-order valence-corrected chi connectivity index (χ4v) is 2.92. The van der Waals surface area contributed by atoms with Gasteiger partial charge in [-0.1, -0.05) is 36.4 Å². The number of hydrogen-bond donors (Lipinski definition) is 1. The fraction of sp³-hybridized carbons (Fsp3) is 0.294. The maximum Gasteiger partial charge on any atom is 0.146 e. The van der Waals surface area contributed by atoms with Crippen molar-refractivity contribution in [2.24, 2.45) is 5.73 Å². The number of hydrogen-bond acceptors (Lipinski definition) is 2. The lowest BCUT2D eigenvalue weighted by Gasteiger charge is -2.33. The van der Waals surface area contributed by atoms with E-state index in [-0.39, 0.29) is 11.9 Å². The van der Waals surface area contributed by atoms with E-state index in [1.165, 1.54) is 17.2 Å². The van der Waals surface area contributed by atoms with Gasteiger partial charge in [-0.15, -0.1) is 0 Å². The summed E-state index contributed by atoms with van der Waals surface area (Å²) in [7, 11) is 0. The van der Waals surface area contributed by atoms with Crippen molar-refractivity contribution in [2.75, 3.05) is 11.4 Å². The van der Waals surface area contributed by atoms with E-state index in [1.807, 2.05) is 19.1 Å². The Hall–Kier alpha value is -1.87. The van der Waals surface area contributed by atoms with E-state index in [0.717, 1.165) is 25.1 Å². The molecule has 1 heterocycles. The second kappa shape index (κ2) is 5.25. The van der Waals surface area contributed by atoms with Gasteiger partial charge in [-0.05, 0) is 36.1 Å². The molecule has 1 aliphatic rings. The summed E-state index contributed by atoms with van der Waals surface area (Å²) < 4.78 is 14.3. The number of fused-ring (bicyclic) bond motifs is 1. The van der Waals surface area contributed by atoms with Gasteiger partial charge in [0.25, 0.3) is 0 Å². The van der Waals surface area contributed by atoms with E-state index in [0.29, 0.717) is 5.69 Å². The zero-order valence-electron chi connectivity index (χ0n) is 11.6. The molecule has 0 fully saturated rings. The van der Waals surface area contributed by atoms with Crippen molar-refractivity contribution in [1.82, 2.24) is 0 Å². The predicted octanol–water partition coefficient (Wildman–Crippen LogP) is 3.41. The second-order valence-corrected chi connectivity index (χ2v) is 5.41. The van der Waals surface area contributed by atoms with Crippen molar-refractivity contribution in [3.63, 3.8) is 0 Å². The van der Waals surface area contributed by atoms with E-state index >= 15 is 0 Å². The smallest absolute Gasteiger partial charge is 0.146 e. The molecule has 0 aromatic heterocycles. The summed E-state index contributed by atoms with van der Waals surface area (Å²) in [5.41, 5.74) is 10.2. The van der Waals surface area contributed by atoms with E-state index in [1.54, 1.807) is 6.07 Å². The Balaban J connectivity index is 1.99. The topological polar surface area (TPSA) is 29.3 Å². The van der Waals surface area contributed by atoms with E-state index < -0.39 is 0 Å². The molecular weight excluding hydrogens is 251 g/mol. The molecule has 0 unspecified atom stereocenters. The summed E-state index contributed by atoms with van der Waals surface area (Å²) in [6.45, 7) is 3.48. The third kappa shape index (κ3) is 2.29. The highest BCUT2D eigenvalue weighted by molar-refractivity contribution is 5.57. The van der Waals surface area contributed by atoms with Crippen molar-refractivity contribution in [3.05, 3.63) is 65.0 Å². The van der Waals surface area contributed by atoms with Gasteiger partial charge in [0.15, 0.2) is 0 Å². The van der Waals surface area contributed by atoms with Gasteiger partial charge in [0, 0.05) is 19.1 Å². The van der Waals surface area contributed by atoms with E-state index in [9.17, 15) is 4.39 Å². The molecule has 2 aromatic carbocycles. The monoisotopic (exact) mass is 270 g/mol. The molecular formula is C17H19FN2. The number of nitrogens with two attached hydrogens (primary N) is 1. The Bertz CT molecular complexity index is 622. The van der Waals surface area contributed by atoms with Crippen LogP contribution in [0.2, 0.25) is 0 Å². The Morgan fingerprint density at radius 2 is 1.85 bits per heavy atom. The Labute approximate surface area is 119 Å². The van der Waals surface area contributed by atoms with Crippen LogP contribution >= 0.6 is 0 Å². The van der Waals surface area contributed by atoms with Gasteiger partial charge in [0.1, 0.15) is 5.82 Å². The highest BCUT2D eigenvalue weighted by atomic mass is 19.1. The van der Waals surface area contributed by atoms with Gasteiger partial charge in [-0.3, -0.25) is 0 Å². The van der Waals surface area contributed by atoms with Crippen LogP contribution < -0.4 is 10.6 Å². The SMILES string of the molecule is C[C@@H](N)c1cccc(F)c1N1CCc2ccccc2C1. The van der Waals surface area contributed by atoms with Crippen LogP contribution in [0, 0.1) is 5.82 Å². The number of para-hydroxylation sites is 1. The van der Waals surface area contributed by atoms with Crippen molar-refractivity contribution in [3.8, 4) is 0 Å². The fourth-order valence-electron chi connectivity index (χ4n) is 2.92. The van der Waals surface area contributed by atoms with Gasteiger partial charge in [-0.25, -0.2) is 4.39 Å². The average molecular weight is 270 g/mol. The number of halogens is 1. The minimum Gasteiger partial charge on any atom is -0.364 e. The molecule has 0 saturated heterocycles. The molecule has 0 amide bonds. The van der Waals surface area contributed by atoms with Crippen molar-refractivity contribution in [1.29, 1.82) is 0 Å². The molecule has 0 bridgehead atoms. The summed E-state index contributed by atoms with van der Waals surface area (Å²) in [5, 5.41) is 0. The predicted molar refractivity (Wildman–Crippen MR) is 80.2 cm³/mol. The lowest BCUT2D eigenvalue weighted by molar-refractivity contribution is 0.603. The molecule has 2 nitrogen and oxygen atoms in total. The third-order valence-corrected chi connectivity index (χ3v) is 3.96. The highest BCUT2D eigenvalue weighted by Crippen LogP contribution is 2.32. The first-order valence-electron chi connectivity index (χ1n) is 7.02. The minimum absolute atomic E-state index is 0.169. The molecule has 1 atom stereocenters. The van der Waals surface area contributed by atoms with Gasteiger partial charge in [0.05, 0.1) is 5.69 Å². The summed E-state index contributed by atoms with van der Waals surface area (Å²) in [6.07, 6.45) is 0.947. The first-order chi connectivity index (χ1) is 9.66. The zero-order chi connectivity index (χ0) is 14.1. The first-order valence-corrected chi connectivity index (χ1v) is 7.02. The Morgan fingerprint density at radius 3 is 2.60 bits per heavy atom. The van der Waals surface area contributed by atoms with Crippen LogP contribution in [0.5, 0.6) is 0 Å². The average Bonchev–Trinajstić information content (AvgIpc) is 2.46. The number of benzene rings is 2. The molecule has 2 aromatic rings.